The molecule has 2 aliphatic heterocycles. The topological polar surface area (TPSA) is 78.9 Å². The van der Waals surface area contributed by atoms with Crippen molar-refractivity contribution in [2.75, 3.05) is 33.3 Å². The zero-order chi connectivity index (χ0) is 16.8. The second kappa shape index (κ2) is 5.45. The van der Waals surface area contributed by atoms with Gasteiger partial charge in [0.25, 0.3) is 5.91 Å². The molecule has 3 rings (SSSR count). The number of nitrogens with one attached hydrogen (secondary N) is 1. The zero-order valence-electron chi connectivity index (χ0n) is 12.4. The standard InChI is InChI=1S/C15H16F2N2O4/c1-23-9-2-10(16)12(11(17)3-9)13(20)19-5-8-4-18-6-15(8,7-19)14(21)22/h2-3,8,18H,4-7H2,1H3,(H,21,22)/t8-,15-/m0/s1. The molecule has 0 unspecified atom stereocenters. The van der Waals surface area contributed by atoms with Gasteiger partial charge in [0.2, 0.25) is 0 Å². The van der Waals surface area contributed by atoms with Crippen LogP contribution in [0.5, 0.6) is 5.75 Å². The number of aliphatic carboxylic acids is 1. The van der Waals surface area contributed by atoms with Gasteiger partial charge in [-0.3, -0.25) is 9.59 Å². The first kappa shape index (κ1) is 15.7. The van der Waals surface area contributed by atoms with Crippen molar-refractivity contribution in [1.29, 1.82) is 0 Å². The van der Waals surface area contributed by atoms with E-state index in [-0.39, 0.29) is 31.3 Å². The minimum atomic E-state index is -1.09. The second-order valence-electron chi connectivity index (χ2n) is 5.94. The molecular weight excluding hydrogens is 310 g/mol. The quantitative estimate of drug-likeness (QED) is 0.856. The molecule has 0 radical (unpaired) electrons. The van der Waals surface area contributed by atoms with Gasteiger partial charge in [0.1, 0.15) is 28.4 Å². The number of rotatable bonds is 3. The number of ether oxygens (including phenoxy) is 1. The maximum absolute atomic E-state index is 14.0. The number of carboxylic acids is 1. The Kier molecular flexibility index (Phi) is 3.71. The molecule has 0 saturated carbocycles. The van der Waals surface area contributed by atoms with E-state index in [0.717, 1.165) is 12.1 Å². The zero-order valence-corrected chi connectivity index (χ0v) is 12.4. The van der Waals surface area contributed by atoms with E-state index in [1.807, 2.05) is 0 Å². The third-order valence-electron chi connectivity index (χ3n) is 4.70. The lowest BCUT2D eigenvalue weighted by Crippen LogP contribution is -2.41. The summed E-state index contributed by atoms with van der Waals surface area (Å²) >= 11 is 0. The molecule has 8 heteroatoms. The molecule has 1 aromatic carbocycles. The van der Waals surface area contributed by atoms with E-state index in [2.05, 4.69) is 5.32 Å². The van der Waals surface area contributed by atoms with Crippen molar-refractivity contribution in [3.8, 4) is 5.75 Å². The Balaban J connectivity index is 1.90. The van der Waals surface area contributed by atoms with E-state index in [1.165, 1.54) is 12.0 Å². The Hall–Kier alpha value is -2.22. The van der Waals surface area contributed by atoms with Crippen LogP contribution in [-0.2, 0) is 4.79 Å². The number of carbonyl (C=O) groups is 2. The molecule has 0 aliphatic carbocycles. The lowest BCUT2D eigenvalue weighted by molar-refractivity contribution is -0.148. The molecule has 2 aliphatic rings. The number of carboxylic acid groups (broad SMARTS) is 1. The lowest BCUT2D eigenvalue weighted by Gasteiger charge is -2.23. The van der Waals surface area contributed by atoms with Crippen LogP contribution < -0.4 is 10.1 Å². The van der Waals surface area contributed by atoms with Crippen LogP contribution in [0, 0.1) is 23.0 Å². The van der Waals surface area contributed by atoms with E-state index in [4.69, 9.17) is 4.74 Å². The summed E-state index contributed by atoms with van der Waals surface area (Å²) in [5.74, 6) is -4.18. The molecule has 2 saturated heterocycles. The molecule has 0 spiro atoms. The fraction of sp³-hybridized carbons (Fsp3) is 0.467. The van der Waals surface area contributed by atoms with Crippen LogP contribution in [0.3, 0.4) is 0 Å². The van der Waals surface area contributed by atoms with Crippen molar-refractivity contribution in [2.45, 2.75) is 0 Å². The predicted molar refractivity (Wildman–Crippen MR) is 75.2 cm³/mol. The Morgan fingerprint density at radius 2 is 2.04 bits per heavy atom. The van der Waals surface area contributed by atoms with Crippen molar-refractivity contribution in [3.63, 3.8) is 0 Å². The normalized spacial score (nSPS) is 26.2. The molecule has 2 N–H and O–H groups in total. The fourth-order valence-corrected chi connectivity index (χ4v) is 3.41. The van der Waals surface area contributed by atoms with Crippen LogP contribution in [0.15, 0.2) is 12.1 Å². The Morgan fingerprint density at radius 1 is 1.39 bits per heavy atom. The SMILES string of the molecule is COc1cc(F)c(C(=O)N2C[C@@H]3CNC[C@]3(C(=O)O)C2)c(F)c1. The summed E-state index contributed by atoms with van der Waals surface area (Å²) in [4.78, 5) is 25.3. The van der Waals surface area contributed by atoms with Gasteiger partial charge in [0.15, 0.2) is 0 Å². The molecule has 124 valence electrons. The Labute approximate surface area is 131 Å². The average molecular weight is 326 g/mol. The first-order chi connectivity index (χ1) is 10.9. The van der Waals surface area contributed by atoms with Crippen LogP contribution in [0.1, 0.15) is 10.4 Å². The average Bonchev–Trinajstić information content (AvgIpc) is 3.03. The van der Waals surface area contributed by atoms with Crippen molar-refractivity contribution >= 4 is 11.9 Å². The largest absolute Gasteiger partial charge is 0.497 e. The minimum Gasteiger partial charge on any atom is -0.497 e. The van der Waals surface area contributed by atoms with Crippen molar-refractivity contribution in [2.24, 2.45) is 11.3 Å². The van der Waals surface area contributed by atoms with Gasteiger partial charge in [-0.15, -0.1) is 0 Å². The first-order valence-corrected chi connectivity index (χ1v) is 7.15. The maximum atomic E-state index is 14.0. The number of carbonyl (C=O) groups excluding carboxylic acids is 1. The maximum Gasteiger partial charge on any atom is 0.313 e. The van der Waals surface area contributed by atoms with E-state index in [1.54, 1.807) is 0 Å². The summed E-state index contributed by atoms with van der Waals surface area (Å²) in [6, 6.07) is 1.86. The van der Waals surface area contributed by atoms with Crippen LogP contribution >= 0.6 is 0 Å². The van der Waals surface area contributed by atoms with E-state index < -0.39 is 34.5 Å². The molecule has 1 aromatic rings. The third kappa shape index (κ3) is 2.33. The summed E-state index contributed by atoms with van der Waals surface area (Å²) in [6.45, 7) is 0.792. The van der Waals surface area contributed by atoms with Gasteiger partial charge >= 0.3 is 5.97 Å². The Morgan fingerprint density at radius 3 is 2.57 bits per heavy atom. The molecule has 1 amide bonds. The van der Waals surface area contributed by atoms with E-state index >= 15 is 0 Å². The molecule has 0 aromatic heterocycles. The first-order valence-electron chi connectivity index (χ1n) is 7.15. The van der Waals surface area contributed by atoms with Gasteiger partial charge in [-0.05, 0) is 0 Å². The number of hydrogen-bond acceptors (Lipinski definition) is 4. The number of fused-ring (bicyclic) bond motifs is 1. The summed E-state index contributed by atoms with van der Waals surface area (Å²) in [5, 5.41) is 12.5. The molecule has 2 atom stereocenters. The monoisotopic (exact) mass is 326 g/mol. The third-order valence-corrected chi connectivity index (χ3v) is 4.70. The van der Waals surface area contributed by atoms with Crippen molar-refractivity contribution in [3.05, 3.63) is 29.3 Å². The van der Waals surface area contributed by atoms with Gasteiger partial charge in [-0.25, -0.2) is 8.78 Å². The number of benzene rings is 1. The van der Waals surface area contributed by atoms with Crippen LogP contribution in [0.4, 0.5) is 8.78 Å². The second-order valence-corrected chi connectivity index (χ2v) is 5.94. The van der Waals surface area contributed by atoms with Crippen molar-refractivity contribution < 1.29 is 28.2 Å². The molecule has 23 heavy (non-hydrogen) atoms. The smallest absolute Gasteiger partial charge is 0.313 e. The van der Waals surface area contributed by atoms with Crippen LogP contribution in [0.25, 0.3) is 0 Å². The summed E-state index contributed by atoms with van der Waals surface area (Å²) < 4.78 is 32.9. The van der Waals surface area contributed by atoms with Gasteiger partial charge in [0, 0.05) is 44.2 Å². The number of halogens is 2. The van der Waals surface area contributed by atoms with Gasteiger partial charge in [0.05, 0.1) is 7.11 Å². The highest BCUT2D eigenvalue weighted by Crippen LogP contribution is 2.40. The molecule has 0 bridgehead atoms. The summed E-state index contributed by atoms with van der Waals surface area (Å²) in [6.07, 6.45) is 0. The van der Waals surface area contributed by atoms with Gasteiger partial charge in [-0.2, -0.15) is 0 Å². The summed E-state index contributed by atoms with van der Waals surface area (Å²) in [5.41, 5.74) is -1.77. The number of amides is 1. The minimum absolute atomic E-state index is 0.0268. The van der Waals surface area contributed by atoms with Crippen molar-refractivity contribution in [1.82, 2.24) is 10.2 Å². The lowest BCUT2D eigenvalue weighted by atomic mass is 9.81. The molecule has 6 nitrogen and oxygen atoms in total. The highest BCUT2D eigenvalue weighted by molar-refractivity contribution is 5.96. The Bertz CT molecular complexity index is 658. The number of hydrogen-bond donors (Lipinski definition) is 2. The van der Waals surface area contributed by atoms with Crippen LogP contribution in [0.2, 0.25) is 0 Å². The highest BCUT2D eigenvalue weighted by Gasteiger charge is 2.56. The summed E-state index contributed by atoms with van der Waals surface area (Å²) in [7, 11) is 1.26. The molecule has 2 heterocycles. The highest BCUT2D eigenvalue weighted by atomic mass is 19.1. The number of methoxy groups -OCH3 is 1. The van der Waals surface area contributed by atoms with E-state index in [9.17, 15) is 23.5 Å². The fourth-order valence-electron chi connectivity index (χ4n) is 3.41. The molecule has 2 fully saturated rings. The molecular formula is C15H16F2N2O4. The number of likely N-dealkylation sites (tertiary alicyclic amines) is 1. The van der Waals surface area contributed by atoms with E-state index in [0.29, 0.717) is 6.54 Å². The van der Waals surface area contributed by atoms with Crippen LogP contribution in [-0.4, -0.2) is 55.2 Å². The van der Waals surface area contributed by atoms with Gasteiger partial charge < -0.3 is 20.1 Å². The predicted octanol–water partition coefficient (Wildman–Crippen LogP) is 0.720. The number of nitrogens with zero attached hydrogens (tertiary/aromatic N) is 1. The van der Waals surface area contributed by atoms with Gasteiger partial charge in [-0.1, -0.05) is 0 Å².